The summed E-state index contributed by atoms with van der Waals surface area (Å²) in [5.74, 6) is 0.364. The van der Waals surface area contributed by atoms with Crippen molar-refractivity contribution in [3.8, 4) is 0 Å². The van der Waals surface area contributed by atoms with Gasteiger partial charge in [0, 0.05) is 6.42 Å². The number of fused-ring (bicyclic) bond motifs is 1. The van der Waals surface area contributed by atoms with E-state index < -0.39 is 0 Å². The van der Waals surface area contributed by atoms with Crippen molar-refractivity contribution in [2.45, 2.75) is 39.5 Å². The van der Waals surface area contributed by atoms with E-state index in [0.717, 1.165) is 24.8 Å². The van der Waals surface area contributed by atoms with Crippen molar-refractivity contribution in [2.24, 2.45) is 0 Å². The molecule has 0 N–H and O–H groups in total. The van der Waals surface area contributed by atoms with E-state index >= 15 is 0 Å². The Hall–Kier alpha value is -0.850. The van der Waals surface area contributed by atoms with Crippen LogP contribution < -0.4 is 0 Å². The Morgan fingerprint density at radius 3 is 2.33 bits per heavy atom. The van der Waals surface area contributed by atoms with Crippen LogP contribution in [0.5, 0.6) is 0 Å². The summed E-state index contributed by atoms with van der Waals surface area (Å²) in [6.45, 7) is 4.18. The first-order chi connectivity index (χ1) is 5.70. The lowest BCUT2D eigenvalue weighted by Crippen LogP contribution is -2.09. The van der Waals surface area contributed by atoms with Crippen LogP contribution in [0, 0.1) is 0 Å². The van der Waals surface area contributed by atoms with Crippen molar-refractivity contribution in [3.63, 3.8) is 0 Å². The second-order valence-electron chi connectivity index (χ2n) is 3.79. The minimum Gasteiger partial charge on any atom is -0.295 e. The van der Waals surface area contributed by atoms with Crippen LogP contribution >= 0.6 is 0 Å². The topological polar surface area (TPSA) is 17.1 Å². The van der Waals surface area contributed by atoms with Crippen LogP contribution in [0.3, 0.4) is 0 Å². The maximum atomic E-state index is 11.4. The smallest absolute Gasteiger partial charge is 0.159 e. The molecule has 0 aromatic rings. The van der Waals surface area contributed by atoms with Crippen LogP contribution in [-0.4, -0.2) is 5.78 Å². The zero-order valence-electron chi connectivity index (χ0n) is 7.74. The fraction of sp³-hybridized carbons (Fsp3) is 0.545. The van der Waals surface area contributed by atoms with Gasteiger partial charge in [0.1, 0.15) is 0 Å². The molecule has 0 saturated carbocycles. The number of carbonyl (C=O) groups is 1. The predicted molar refractivity (Wildman–Crippen MR) is 48.9 cm³/mol. The van der Waals surface area contributed by atoms with Gasteiger partial charge in [-0.2, -0.15) is 0 Å². The van der Waals surface area contributed by atoms with Crippen molar-refractivity contribution in [2.75, 3.05) is 0 Å². The monoisotopic (exact) mass is 162 g/mol. The van der Waals surface area contributed by atoms with Crippen molar-refractivity contribution < 1.29 is 4.79 Å². The first kappa shape index (κ1) is 7.78. The predicted octanol–water partition coefficient (Wildman–Crippen LogP) is 2.78. The molecular weight excluding hydrogens is 148 g/mol. The highest BCUT2D eigenvalue weighted by atomic mass is 16.1. The highest BCUT2D eigenvalue weighted by Crippen LogP contribution is 2.39. The molecule has 0 amide bonds. The summed E-state index contributed by atoms with van der Waals surface area (Å²) < 4.78 is 0. The second kappa shape index (κ2) is 2.58. The number of Topliss-reactive ketones (excluding diaryl/α,β-unsaturated/α-hetero) is 1. The summed E-state index contributed by atoms with van der Waals surface area (Å²) in [5.41, 5.74) is 5.40. The average Bonchev–Trinajstić information content (AvgIpc) is 2.41. The van der Waals surface area contributed by atoms with E-state index in [2.05, 4.69) is 6.92 Å². The molecule has 0 aliphatic heterocycles. The van der Waals surface area contributed by atoms with Gasteiger partial charge in [-0.1, -0.05) is 5.57 Å². The number of rotatable bonds is 0. The standard InChI is InChI=1S/C11H14O/c1-7-3-4-10-8(2)11(12)6-5-9(7)10/h3-6H2,1-2H3. The van der Waals surface area contributed by atoms with Crippen LogP contribution in [-0.2, 0) is 4.79 Å². The van der Waals surface area contributed by atoms with Gasteiger partial charge < -0.3 is 0 Å². The largest absolute Gasteiger partial charge is 0.295 e. The van der Waals surface area contributed by atoms with E-state index in [1.807, 2.05) is 6.92 Å². The molecule has 0 saturated heterocycles. The minimum atomic E-state index is 0.364. The molecular formula is C11H14O. The van der Waals surface area contributed by atoms with Crippen LogP contribution in [0.1, 0.15) is 39.5 Å². The molecule has 12 heavy (non-hydrogen) atoms. The lowest BCUT2D eigenvalue weighted by Gasteiger charge is -2.16. The number of hydrogen-bond acceptors (Lipinski definition) is 1. The molecule has 0 heterocycles. The Morgan fingerprint density at radius 1 is 0.917 bits per heavy atom. The van der Waals surface area contributed by atoms with Gasteiger partial charge in [-0.25, -0.2) is 0 Å². The number of ketones is 1. The van der Waals surface area contributed by atoms with Gasteiger partial charge >= 0.3 is 0 Å². The van der Waals surface area contributed by atoms with Crippen molar-refractivity contribution in [3.05, 3.63) is 22.3 Å². The molecule has 2 aliphatic rings. The summed E-state index contributed by atoms with van der Waals surface area (Å²) in [7, 11) is 0. The van der Waals surface area contributed by atoms with Crippen LogP contribution in [0.2, 0.25) is 0 Å². The quantitative estimate of drug-likeness (QED) is 0.535. The second-order valence-corrected chi connectivity index (χ2v) is 3.79. The van der Waals surface area contributed by atoms with Gasteiger partial charge in [0.2, 0.25) is 0 Å². The lowest BCUT2D eigenvalue weighted by atomic mass is 9.88. The van der Waals surface area contributed by atoms with Crippen LogP contribution in [0.25, 0.3) is 0 Å². The van der Waals surface area contributed by atoms with Gasteiger partial charge in [0.05, 0.1) is 0 Å². The molecule has 0 bridgehead atoms. The van der Waals surface area contributed by atoms with Gasteiger partial charge in [0.25, 0.3) is 0 Å². The summed E-state index contributed by atoms with van der Waals surface area (Å²) in [6, 6.07) is 0. The van der Waals surface area contributed by atoms with E-state index in [-0.39, 0.29) is 0 Å². The van der Waals surface area contributed by atoms with Crippen LogP contribution in [0.4, 0.5) is 0 Å². The zero-order valence-corrected chi connectivity index (χ0v) is 7.74. The summed E-state index contributed by atoms with van der Waals surface area (Å²) in [4.78, 5) is 11.4. The number of allylic oxidation sites excluding steroid dienone is 4. The molecule has 64 valence electrons. The van der Waals surface area contributed by atoms with E-state index in [1.54, 1.807) is 0 Å². The summed E-state index contributed by atoms with van der Waals surface area (Å²) in [6.07, 6.45) is 4.02. The molecule has 0 radical (unpaired) electrons. The Kier molecular flexibility index (Phi) is 1.67. The van der Waals surface area contributed by atoms with Crippen molar-refractivity contribution in [1.29, 1.82) is 0 Å². The zero-order chi connectivity index (χ0) is 8.72. The van der Waals surface area contributed by atoms with Gasteiger partial charge in [-0.3, -0.25) is 4.79 Å². The van der Waals surface area contributed by atoms with E-state index in [4.69, 9.17) is 0 Å². The maximum Gasteiger partial charge on any atom is 0.159 e. The SMILES string of the molecule is CC1=C2CCC(=O)C(C)=C2CC1. The Bertz CT molecular complexity index is 302. The van der Waals surface area contributed by atoms with Gasteiger partial charge in [-0.05, 0) is 49.8 Å². The maximum absolute atomic E-state index is 11.4. The molecule has 0 aromatic heterocycles. The molecule has 1 nitrogen and oxygen atoms in total. The Balaban J connectivity index is 2.51. The number of carbonyl (C=O) groups excluding carboxylic acids is 1. The lowest BCUT2D eigenvalue weighted by molar-refractivity contribution is -0.115. The van der Waals surface area contributed by atoms with Gasteiger partial charge in [0.15, 0.2) is 5.78 Å². The Morgan fingerprint density at radius 2 is 1.58 bits per heavy atom. The van der Waals surface area contributed by atoms with E-state index in [0.29, 0.717) is 5.78 Å². The number of hydrogen-bond donors (Lipinski definition) is 0. The first-order valence-corrected chi connectivity index (χ1v) is 4.62. The molecule has 0 spiro atoms. The molecule has 0 unspecified atom stereocenters. The molecule has 0 aromatic carbocycles. The minimum absolute atomic E-state index is 0.364. The van der Waals surface area contributed by atoms with Crippen molar-refractivity contribution >= 4 is 5.78 Å². The molecule has 2 aliphatic carbocycles. The Labute approximate surface area is 73.2 Å². The highest BCUT2D eigenvalue weighted by molar-refractivity contribution is 5.98. The molecule has 2 rings (SSSR count). The third kappa shape index (κ3) is 0.961. The van der Waals surface area contributed by atoms with E-state index in [1.165, 1.54) is 23.1 Å². The summed E-state index contributed by atoms with van der Waals surface area (Å²) >= 11 is 0. The van der Waals surface area contributed by atoms with Gasteiger partial charge in [-0.15, -0.1) is 0 Å². The first-order valence-electron chi connectivity index (χ1n) is 4.62. The van der Waals surface area contributed by atoms with E-state index in [9.17, 15) is 4.79 Å². The third-order valence-electron chi connectivity index (χ3n) is 3.10. The fourth-order valence-corrected chi connectivity index (χ4v) is 2.24. The fourth-order valence-electron chi connectivity index (χ4n) is 2.24. The normalized spacial score (nSPS) is 23.7. The highest BCUT2D eigenvalue weighted by Gasteiger charge is 2.25. The molecule has 0 fully saturated rings. The average molecular weight is 162 g/mol. The molecule has 1 heteroatoms. The van der Waals surface area contributed by atoms with Crippen molar-refractivity contribution in [1.82, 2.24) is 0 Å². The third-order valence-corrected chi connectivity index (χ3v) is 3.10. The molecule has 0 atom stereocenters. The summed E-state index contributed by atoms with van der Waals surface area (Å²) in [5, 5.41) is 0. The van der Waals surface area contributed by atoms with Crippen LogP contribution in [0.15, 0.2) is 22.3 Å².